The van der Waals surface area contributed by atoms with Gasteiger partial charge in [0.15, 0.2) is 0 Å². The molecule has 0 spiro atoms. The monoisotopic (exact) mass is 227 g/mol. The van der Waals surface area contributed by atoms with E-state index in [1.807, 2.05) is 13.8 Å². The smallest absolute Gasteiger partial charge is 0.308 e. The molecule has 0 bridgehead atoms. The summed E-state index contributed by atoms with van der Waals surface area (Å²) in [5.41, 5.74) is 0.605. The zero-order valence-electron chi connectivity index (χ0n) is 10.4. The SMILES string of the molecule is C/C=C(/C)C(=O)NC[C@@H](CC(C)C)C(=O)O. The summed E-state index contributed by atoms with van der Waals surface area (Å²) in [6, 6.07) is 0. The van der Waals surface area contributed by atoms with Crippen LogP contribution in [0.5, 0.6) is 0 Å². The Hall–Kier alpha value is -1.32. The van der Waals surface area contributed by atoms with Crippen molar-refractivity contribution < 1.29 is 14.7 Å². The summed E-state index contributed by atoms with van der Waals surface area (Å²) in [6.07, 6.45) is 2.28. The van der Waals surface area contributed by atoms with Crippen LogP contribution in [0.1, 0.15) is 34.1 Å². The van der Waals surface area contributed by atoms with Gasteiger partial charge in [-0.2, -0.15) is 0 Å². The third kappa shape index (κ3) is 5.53. The first kappa shape index (κ1) is 14.7. The number of hydrogen-bond acceptors (Lipinski definition) is 2. The molecule has 0 saturated heterocycles. The zero-order chi connectivity index (χ0) is 12.7. The van der Waals surface area contributed by atoms with Crippen LogP contribution in [0.25, 0.3) is 0 Å². The van der Waals surface area contributed by atoms with Gasteiger partial charge in [-0.1, -0.05) is 19.9 Å². The number of carboxylic acids is 1. The highest BCUT2D eigenvalue weighted by Crippen LogP contribution is 2.11. The Morgan fingerprint density at radius 3 is 2.31 bits per heavy atom. The fourth-order valence-electron chi connectivity index (χ4n) is 1.33. The van der Waals surface area contributed by atoms with E-state index in [0.717, 1.165) is 0 Å². The topological polar surface area (TPSA) is 66.4 Å². The van der Waals surface area contributed by atoms with Crippen molar-refractivity contribution in [1.82, 2.24) is 5.32 Å². The summed E-state index contributed by atoms with van der Waals surface area (Å²) in [6.45, 7) is 7.60. The summed E-state index contributed by atoms with van der Waals surface area (Å²) in [7, 11) is 0. The molecule has 0 unspecified atom stereocenters. The van der Waals surface area contributed by atoms with Gasteiger partial charge in [0.25, 0.3) is 0 Å². The quantitative estimate of drug-likeness (QED) is 0.680. The first-order chi connectivity index (χ1) is 7.38. The maximum Gasteiger partial charge on any atom is 0.308 e. The summed E-state index contributed by atoms with van der Waals surface area (Å²) < 4.78 is 0. The van der Waals surface area contributed by atoms with Crippen LogP contribution in [0.15, 0.2) is 11.6 Å². The number of nitrogens with one attached hydrogen (secondary N) is 1. The molecule has 92 valence electrons. The standard InChI is InChI=1S/C12H21NO3/c1-5-9(4)11(14)13-7-10(12(15)16)6-8(2)3/h5,8,10H,6-7H2,1-4H3,(H,13,14)(H,15,16)/b9-5-/t10-/m1/s1. The van der Waals surface area contributed by atoms with Crippen LogP contribution < -0.4 is 5.32 Å². The Labute approximate surface area is 96.7 Å². The van der Waals surface area contributed by atoms with Gasteiger partial charge in [0.1, 0.15) is 0 Å². The molecule has 4 nitrogen and oxygen atoms in total. The van der Waals surface area contributed by atoms with Gasteiger partial charge in [0.05, 0.1) is 5.92 Å². The average molecular weight is 227 g/mol. The maximum absolute atomic E-state index is 11.4. The zero-order valence-corrected chi connectivity index (χ0v) is 10.4. The van der Waals surface area contributed by atoms with E-state index >= 15 is 0 Å². The molecule has 0 rings (SSSR count). The Morgan fingerprint density at radius 2 is 1.94 bits per heavy atom. The highest BCUT2D eigenvalue weighted by molar-refractivity contribution is 5.92. The number of carbonyl (C=O) groups is 2. The highest BCUT2D eigenvalue weighted by Gasteiger charge is 2.19. The van der Waals surface area contributed by atoms with Crippen molar-refractivity contribution in [3.8, 4) is 0 Å². The predicted octanol–water partition coefficient (Wildman–Crippen LogP) is 1.82. The first-order valence-electron chi connectivity index (χ1n) is 5.52. The number of amides is 1. The fraction of sp³-hybridized carbons (Fsp3) is 0.667. The molecule has 4 heteroatoms. The number of hydrogen-bond donors (Lipinski definition) is 2. The summed E-state index contributed by atoms with van der Waals surface area (Å²) in [5, 5.41) is 11.6. The van der Waals surface area contributed by atoms with E-state index in [1.165, 1.54) is 0 Å². The largest absolute Gasteiger partial charge is 0.481 e. The molecular formula is C12H21NO3. The van der Waals surface area contributed by atoms with E-state index < -0.39 is 11.9 Å². The lowest BCUT2D eigenvalue weighted by molar-refractivity contribution is -0.142. The van der Waals surface area contributed by atoms with Crippen LogP contribution in [0, 0.1) is 11.8 Å². The minimum absolute atomic E-state index is 0.192. The molecular weight excluding hydrogens is 206 g/mol. The van der Waals surface area contributed by atoms with Gasteiger partial charge in [-0.25, -0.2) is 0 Å². The Morgan fingerprint density at radius 1 is 1.38 bits per heavy atom. The number of carboxylic acid groups (broad SMARTS) is 1. The van der Waals surface area contributed by atoms with E-state index in [4.69, 9.17) is 5.11 Å². The Balaban J connectivity index is 4.23. The normalized spacial score (nSPS) is 13.7. The number of carbonyl (C=O) groups excluding carboxylic acids is 1. The molecule has 0 aromatic carbocycles. The van der Waals surface area contributed by atoms with Crippen LogP contribution >= 0.6 is 0 Å². The van der Waals surface area contributed by atoms with E-state index in [2.05, 4.69) is 5.32 Å². The molecule has 0 aliphatic heterocycles. The van der Waals surface area contributed by atoms with Crippen LogP contribution in [-0.4, -0.2) is 23.5 Å². The molecule has 0 aliphatic rings. The van der Waals surface area contributed by atoms with Gasteiger partial charge in [-0.15, -0.1) is 0 Å². The van der Waals surface area contributed by atoms with E-state index in [0.29, 0.717) is 17.9 Å². The van der Waals surface area contributed by atoms with Crippen molar-refractivity contribution >= 4 is 11.9 Å². The molecule has 0 fully saturated rings. The van der Waals surface area contributed by atoms with Gasteiger partial charge in [-0.3, -0.25) is 9.59 Å². The Bertz CT molecular complexity index is 282. The van der Waals surface area contributed by atoms with Gasteiger partial charge < -0.3 is 10.4 Å². The Kier molecular flexibility index (Phi) is 6.46. The van der Waals surface area contributed by atoms with E-state index in [1.54, 1.807) is 19.9 Å². The van der Waals surface area contributed by atoms with Crippen LogP contribution in [-0.2, 0) is 9.59 Å². The molecule has 0 aromatic heterocycles. The summed E-state index contributed by atoms with van der Waals surface area (Å²) in [4.78, 5) is 22.3. The molecule has 0 radical (unpaired) electrons. The summed E-state index contributed by atoms with van der Waals surface area (Å²) in [5.74, 6) is -1.25. The third-order valence-electron chi connectivity index (χ3n) is 2.41. The van der Waals surface area contributed by atoms with Gasteiger partial charge in [-0.05, 0) is 26.2 Å². The van der Waals surface area contributed by atoms with Crippen molar-refractivity contribution in [1.29, 1.82) is 0 Å². The van der Waals surface area contributed by atoms with Crippen molar-refractivity contribution in [3.05, 3.63) is 11.6 Å². The molecule has 16 heavy (non-hydrogen) atoms. The van der Waals surface area contributed by atoms with Gasteiger partial charge in [0.2, 0.25) is 5.91 Å². The minimum Gasteiger partial charge on any atom is -0.481 e. The number of rotatable bonds is 6. The number of aliphatic carboxylic acids is 1. The minimum atomic E-state index is -0.855. The molecule has 0 heterocycles. The maximum atomic E-state index is 11.4. The molecule has 0 aliphatic carbocycles. The van der Waals surface area contributed by atoms with Crippen LogP contribution in [0.2, 0.25) is 0 Å². The second kappa shape index (κ2) is 7.04. The highest BCUT2D eigenvalue weighted by atomic mass is 16.4. The van der Waals surface area contributed by atoms with Crippen molar-refractivity contribution in [2.24, 2.45) is 11.8 Å². The van der Waals surface area contributed by atoms with Crippen LogP contribution in [0.4, 0.5) is 0 Å². The molecule has 2 N–H and O–H groups in total. The average Bonchev–Trinajstić information content (AvgIpc) is 2.21. The first-order valence-corrected chi connectivity index (χ1v) is 5.52. The predicted molar refractivity (Wildman–Crippen MR) is 63.0 cm³/mol. The lowest BCUT2D eigenvalue weighted by Crippen LogP contribution is -2.34. The van der Waals surface area contributed by atoms with Gasteiger partial charge in [0, 0.05) is 12.1 Å². The number of allylic oxidation sites excluding steroid dienone is 1. The van der Waals surface area contributed by atoms with Crippen molar-refractivity contribution in [2.45, 2.75) is 34.1 Å². The summed E-state index contributed by atoms with van der Waals surface area (Å²) >= 11 is 0. The van der Waals surface area contributed by atoms with Gasteiger partial charge >= 0.3 is 5.97 Å². The van der Waals surface area contributed by atoms with Crippen molar-refractivity contribution in [2.75, 3.05) is 6.54 Å². The third-order valence-corrected chi connectivity index (χ3v) is 2.41. The second-order valence-corrected chi connectivity index (χ2v) is 4.35. The fourth-order valence-corrected chi connectivity index (χ4v) is 1.33. The lowest BCUT2D eigenvalue weighted by atomic mass is 9.97. The van der Waals surface area contributed by atoms with Crippen molar-refractivity contribution in [3.63, 3.8) is 0 Å². The molecule has 1 amide bonds. The molecule has 0 aromatic rings. The van der Waals surface area contributed by atoms with Crippen LogP contribution in [0.3, 0.4) is 0 Å². The molecule has 0 saturated carbocycles. The molecule has 1 atom stereocenters. The second-order valence-electron chi connectivity index (χ2n) is 4.35. The lowest BCUT2D eigenvalue weighted by Gasteiger charge is -2.15. The van der Waals surface area contributed by atoms with E-state index in [9.17, 15) is 9.59 Å². The van der Waals surface area contributed by atoms with E-state index in [-0.39, 0.29) is 12.5 Å².